The number of nitrogens with zero attached hydrogens (tertiary/aromatic N) is 3. The molecule has 2 atom stereocenters. The van der Waals surface area contributed by atoms with E-state index in [4.69, 9.17) is 4.42 Å². The minimum absolute atomic E-state index is 0.0158. The molecular formula is C22H28N4O3. The Hall–Kier alpha value is -2.67. The van der Waals surface area contributed by atoms with E-state index in [0.717, 1.165) is 44.5 Å². The van der Waals surface area contributed by atoms with Crippen LogP contribution in [0.3, 0.4) is 0 Å². The highest BCUT2D eigenvalue weighted by Gasteiger charge is 2.39. The third-order valence-electron chi connectivity index (χ3n) is 5.97. The molecule has 0 unspecified atom stereocenters. The molecule has 2 fully saturated rings. The second-order valence-corrected chi connectivity index (χ2v) is 7.91. The molecular weight excluding hydrogens is 368 g/mol. The number of carbonyl (C=O) groups is 2. The molecule has 7 heteroatoms. The van der Waals surface area contributed by atoms with Crippen LogP contribution in [0.25, 0.3) is 0 Å². The lowest BCUT2D eigenvalue weighted by atomic mass is 9.88. The molecule has 2 aromatic rings. The molecule has 7 nitrogen and oxygen atoms in total. The van der Waals surface area contributed by atoms with E-state index >= 15 is 0 Å². The van der Waals surface area contributed by atoms with Crippen molar-refractivity contribution in [2.75, 3.05) is 26.2 Å². The van der Waals surface area contributed by atoms with Gasteiger partial charge in [-0.25, -0.2) is 0 Å². The van der Waals surface area contributed by atoms with Crippen LogP contribution in [0.1, 0.15) is 41.6 Å². The first-order chi connectivity index (χ1) is 14.2. The molecule has 0 radical (unpaired) electrons. The van der Waals surface area contributed by atoms with Crippen LogP contribution in [0, 0.1) is 5.92 Å². The molecule has 0 bridgehead atoms. The van der Waals surface area contributed by atoms with Gasteiger partial charge in [-0.2, -0.15) is 0 Å². The lowest BCUT2D eigenvalue weighted by molar-refractivity contribution is -0.129. The van der Waals surface area contributed by atoms with Gasteiger partial charge in [-0.05, 0) is 43.5 Å². The Morgan fingerprint density at radius 1 is 1.24 bits per heavy atom. The number of nitrogens with one attached hydrogen (secondary N) is 1. The molecule has 1 N–H and O–H groups in total. The fourth-order valence-corrected chi connectivity index (χ4v) is 4.41. The first kappa shape index (κ1) is 19.6. The van der Waals surface area contributed by atoms with Crippen molar-refractivity contribution in [1.82, 2.24) is 20.1 Å². The van der Waals surface area contributed by atoms with Crippen molar-refractivity contribution >= 4 is 11.8 Å². The fourth-order valence-electron chi connectivity index (χ4n) is 4.41. The Balaban J connectivity index is 1.58. The van der Waals surface area contributed by atoms with E-state index in [1.165, 1.54) is 12.5 Å². The Kier molecular flexibility index (Phi) is 6.24. The summed E-state index contributed by atoms with van der Waals surface area (Å²) in [5.74, 6) is -0.0299. The number of aromatic nitrogens is 1. The molecule has 0 aromatic carbocycles. The number of furan rings is 1. The van der Waals surface area contributed by atoms with Gasteiger partial charge in [0.2, 0.25) is 5.91 Å². The van der Waals surface area contributed by atoms with Gasteiger partial charge in [0.15, 0.2) is 0 Å². The van der Waals surface area contributed by atoms with Crippen molar-refractivity contribution in [1.29, 1.82) is 0 Å². The van der Waals surface area contributed by atoms with Crippen LogP contribution < -0.4 is 5.32 Å². The van der Waals surface area contributed by atoms with Crippen molar-refractivity contribution in [2.45, 2.75) is 38.3 Å². The van der Waals surface area contributed by atoms with Crippen LogP contribution in [-0.2, 0) is 11.3 Å². The van der Waals surface area contributed by atoms with E-state index in [1.54, 1.807) is 12.3 Å². The lowest BCUT2D eigenvalue weighted by Gasteiger charge is -2.44. The molecule has 154 valence electrons. The third-order valence-corrected chi connectivity index (χ3v) is 5.97. The summed E-state index contributed by atoms with van der Waals surface area (Å²) in [5.41, 5.74) is 1.69. The van der Waals surface area contributed by atoms with Gasteiger partial charge in [-0.15, -0.1) is 0 Å². The van der Waals surface area contributed by atoms with E-state index in [9.17, 15) is 9.59 Å². The maximum absolute atomic E-state index is 12.9. The molecule has 4 heterocycles. The van der Waals surface area contributed by atoms with Gasteiger partial charge in [0.25, 0.3) is 5.91 Å². The summed E-state index contributed by atoms with van der Waals surface area (Å²) in [6.45, 7) is 3.51. The minimum atomic E-state index is -0.113. The van der Waals surface area contributed by atoms with Gasteiger partial charge >= 0.3 is 0 Å². The maximum Gasteiger partial charge on any atom is 0.257 e. The number of hydrogen-bond donors (Lipinski definition) is 1. The topological polar surface area (TPSA) is 78.7 Å². The predicted molar refractivity (Wildman–Crippen MR) is 108 cm³/mol. The maximum atomic E-state index is 12.9. The molecule has 2 amide bonds. The quantitative estimate of drug-likeness (QED) is 0.861. The Bertz CT molecular complexity index is 809. The molecule has 4 rings (SSSR count). The number of pyridine rings is 1. The van der Waals surface area contributed by atoms with Crippen molar-refractivity contribution in [3.8, 4) is 0 Å². The fraction of sp³-hybridized carbons (Fsp3) is 0.500. The van der Waals surface area contributed by atoms with Crippen LogP contribution in [0.4, 0.5) is 0 Å². The molecule has 2 aromatic heterocycles. The van der Waals surface area contributed by atoms with Crippen molar-refractivity contribution in [3.05, 3.63) is 54.2 Å². The van der Waals surface area contributed by atoms with E-state index in [2.05, 4.69) is 21.3 Å². The summed E-state index contributed by atoms with van der Waals surface area (Å²) < 4.78 is 5.09. The van der Waals surface area contributed by atoms with Gasteiger partial charge in [0, 0.05) is 44.6 Å². The number of piperidine rings is 1. The van der Waals surface area contributed by atoms with Gasteiger partial charge in [-0.1, -0.05) is 12.5 Å². The van der Waals surface area contributed by atoms with E-state index in [0.29, 0.717) is 25.1 Å². The molecule has 0 saturated carbocycles. The zero-order chi connectivity index (χ0) is 20.1. The van der Waals surface area contributed by atoms with Crippen LogP contribution in [0.5, 0.6) is 0 Å². The summed E-state index contributed by atoms with van der Waals surface area (Å²) in [6.07, 6.45) is 10.5. The van der Waals surface area contributed by atoms with Gasteiger partial charge in [0.1, 0.15) is 6.26 Å². The van der Waals surface area contributed by atoms with Gasteiger partial charge < -0.3 is 14.6 Å². The van der Waals surface area contributed by atoms with Crippen LogP contribution in [0.15, 0.2) is 47.5 Å². The van der Waals surface area contributed by atoms with Crippen LogP contribution in [0.2, 0.25) is 0 Å². The average Bonchev–Trinajstić information content (AvgIpc) is 3.29. The molecule has 2 saturated heterocycles. The van der Waals surface area contributed by atoms with Crippen molar-refractivity contribution < 1.29 is 14.0 Å². The zero-order valence-electron chi connectivity index (χ0n) is 16.6. The lowest BCUT2D eigenvalue weighted by Crippen LogP contribution is -2.58. The molecule has 29 heavy (non-hydrogen) atoms. The summed E-state index contributed by atoms with van der Waals surface area (Å²) in [6, 6.07) is 5.69. The largest absolute Gasteiger partial charge is 0.472 e. The number of rotatable bonds is 3. The smallest absolute Gasteiger partial charge is 0.257 e. The number of hydrogen-bond acceptors (Lipinski definition) is 5. The third kappa shape index (κ3) is 4.67. The normalized spacial score (nSPS) is 23.9. The highest BCUT2D eigenvalue weighted by molar-refractivity contribution is 5.94. The number of amides is 2. The molecule has 0 spiro atoms. The first-order valence-electron chi connectivity index (χ1n) is 10.4. The van der Waals surface area contributed by atoms with Gasteiger partial charge in [0.05, 0.1) is 17.7 Å². The number of likely N-dealkylation sites (tertiary alicyclic amines) is 1. The SMILES string of the molecule is O=C1NCCCCCN(Cc2cccnc2)[C@@H]2CN(C(=O)c3ccoc3)CC[C@@H]12. The van der Waals surface area contributed by atoms with Gasteiger partial charge in [-0.3, -0.25) is 19.5 Å². The number of carbonyl (C=O) groups excluding carboxylic acids is 2. The second kappa shape index (κ2) is 9.22. The summed E-state index contributed by atoms with van der Waals surface area (Å²) in [5, 5.41) is 3.11. The first-order valence-corrected chi connectivity index (χ1v) is 10.4. The second-order valence-electron chi connectivity index (χ2n) is 7.91. The molecule has 2 aliphatic heterocycles. The highest BCUT2D eigenvalue weighted by atomic mass is 16.3. The average molecular weight is 396 g/mol. The number of fused-ring (bicyclic) bond motifs is 1. The summed E-state index contributed by atoms with van der Waals surface area (Å²) in [7, 11) is 0. The van der Waals surface area contributed by atoms with E-state index in [-0.39, 0.29) is 23.8 Å². The minimum Gasteiger partial charge on any atom is -0.472 e. The predicted octanol–water partition coefficient (Wildman–Crippen LogP) is 2.31. The highest BCUT2D eigenvalue weighted by Crippen LogP contribution is 2.27. The van der Waals surface area contributed by atoms with Crippen molar-refractivity contribution in [3.63, 3.8) is 0 Å². The van der Waals surface area contributed by atoms with E-state index < -0.39 is 0 Å². The Labute approximate surface area is 171 Å². The zero-order valence-corrected chi connectivity index (χ0v) is 16.6. The van der Waals surface area contributed by atoms with Crippen LogP contribution in [-0.4, -0.2) is 58.8 Å². The summed E-state index contributed by atoms with van der Waals surface area (Å²) >= 11 is 0. The summed E-state index contributed by atoms with van der Waals surface area (Å²) in [4.78, 5) is 34.3. The Morgan fingerprint density at radius 2 is 2.17 bits per heavy atom. The molecule has 0 aliphatic carbocycles. The van der Waals surface area contributed by atoms with E-state index in [1.807, 2.05) is 17.2 Å². The standard InChI is InChI=1S/C22H28N4O3/c27-21-19-6-11-26(22(28)18-7-12-29-16-18)15-20(19)25(10-3-1-2-9-24-21)14-17-5-4-8-23-13-17/h4-5,7-8,12-13,16,19-20H,1-3,6,9-11,14-15H2,(H,24,27)/t19-,20-/m1/s1. The molecule has 2 aliphatic rings. The van der Waals surface area contributed by atoms with Crippen molar-refractivity contribution in [2.24, 2.45) is 5.92 Å². The Morgan fingerprint density at radius 3 is 2.97 bits per heavy atom. The monoisotopic (exact) mass is 396 g/mol. The van der Waals surface area contributed by atoms with Crippen LogP contribution >= 0.6 is 0 Å².